The molecule has 2 nitrogen and oxygen atoms in total. The molecule has 244 valence electrons. The molecule has 41 heavy (non-hydrogen) atoms. The fraction of sp³-hybridized carbons (Fsp3) is 0.872. The van der Waals surface area contributed by atoms with Crippen LogP contribution in [-0.4, -0.2) is 17.0 Å². The maximum atomic E-state index is 10.8. The summed E-state index contributed by atoms with van der Waals surface area (Å²) in [5, 5.41) is 9.34. The van der Waals surface area contributed by atoms with Crippen LogP contribution in [0, 0.1) is 11.8 Å². The molecule has 0 rings (SSSR count). The normalized spacial score (nSPS) is 14.1. The van der Waals surface area contributed by atoms with Crippen molar-refractivity contribution in [2.24, 2.45) is 11.8 Å². The van der Waals surface area contributed by atoms with Gasteiger partial charge >= 0.3 is 0 Å². The highest BCUT2D eigenvalue weighted by atomic mass is 16.3. The third-order valence-corrected chi connectivity index (χ3v) is 8.78. The number of unbranched alkanes of at least 4 members (excludes halogenated alkanes) is 18. The molecule has 1 unspecified atom stereocenters. The molecule has 3 atom stereocenters. The Balaban J connectivity index is 0. The van der Waals surface area contributed by atoms with E-state index in [0.29, 0.717) is 6.42 Å². The first kappa shape index (κ1) is 42.2. The van der Waals surface area contributed by atoms with Crippen LogP contribution < -0.4 is 0 Å². The van der Waals surface area contributed by atoms with E-state index in [4.69, 9.17) is 0 Å². The molecule has 0 aliphatic carbocycles. The van der Waals surface area contributed by atoms with Crippen molar-refractivity contribution in [1.82, 2.24) is 0 Å². The number of allylic oxidation sites excluding steroid dienone is 4. The number of carbonyl (C=O) groups is 1. The largest absolute Gasteiger partial charge is 0.385 e. The number of aliphatic hydroxyl groups is 1. The topological polar surface area (TPSA) is 37.3 Å². The molecule has 0 aromatic carbocycles. The second kappa shape index (κ2) is 33.6. The molecule has 0 heterocycles. The van der Waals surface area contributed by atoms with Gasteiger partial charge in [-0.3, -0.25) is 4.79 Å². The van der Waals surface area contributed by atoms with Crippen molar-refractivity contribution in [1.29, 1.82) is 0 Å². The van der Waals surface area contributed by atoms with Crippen LogP contribution in [0.15, 0.2) is 23.8 Å². The summed E-state index contributed by atoms with van der Waals surface area (Å²) < 4.78 is 0. The maximum absolute atomic E-state index is 10.8. The van der Waals surface area contributed by atoms with E-state index in [0.717, 1.165) is 24.7 Å². The monoisotopic (exact) mass is 577 g/mol. The summed E-state index contributed by atoms with van der Waals surface area (Å²) in [6.07, 6.45) is 37.8. The van der Waals surface area contributed by atoms with Crippen LogP contribution in [0.4, 0.5) is 0 Å². The molecule has 0 fully saturated rings. The minimum absolute atomic E-state index is 0.0944. The Bertz CT molecular complexity index is 590. The second-order valence-electron chi connectivity index (χ2n) is 13.0. The summed E-state index contributed by atoms with van der Waals surface area (Å²) in [5.74, 6) is 1.44. The van der Waals surface area contributed by atoms with Gasteiger partial charge in [0, 0.05) is 0 Å². The smallest absolute Gasteiger partial charge is 0.158 e. The maximum Gasteiger partial charge on any atom is 0.158 e. The summed E-state index contributed by atoms with van der Waals surface area (Å²) in [6, 6.07) is 0. The van der Waals surface area contributed by atoms with Gasteiger partial charge in [-0.1, -0.05) is 180 Å². The van der Waals surface area contributed by atoms with Crippen LogP contribution in [0.3, 0.4) is 0 Å². The number of carbonyl (C=O) groups excluding carboxylic acids is 1. The summed E-state index contributed by atoms with van der Waals surface area (Å²) >= 11 is 0. The average molecular weight is 577 g/mol. The van der Waals surface area contributed by atoms with E-state index >= 15 is 0 Å². The Morgan fingerprint density at radius 1 is 0.634 bits per heavy atom. The highest BCUT2D eigenvalue weighted by Gasteiger charge is 2.08. The lowest BCUT2D eigenvalue weighted by molar-refractivity contribution is -0.125. The molecule has 0 spiro atoms. The summed E-state index contributed by atoms with van der Waals surface area (Å²) in [7, 11) is 0. The summed E-state index contributed by atoms with van der Waals surface area (Å²) in [6.45, 7) is 15.3. The van der Waals surface area contributed by atoms with Gasteiger partial charge in [0.1, 0.15) is 6.10 Å². The standard InChI is InChI=1S/C22H42.C17H34O2/c1-6-8-9-10-11-12-14-17-20(3)18-15-13-16-19-22(5)21(4)7-2;1-3-4-5-6-7-8-9-10-11-12-13-14-15-17(19)16(2)18/h16,18-19,21-22H,6-15,17H2,1-5H3;17,19H,3-15H2,1-2H3/b19-16+,20-18+;/t21-,22+;/m1./s1. The molecule has 2 heteroatoms. The molecule has 0 amide bonds. The zero-order chi connectivity index (χ0) is 31.0. The summed E-state index contributed by atoms with van der Waals surface area (Å²) in [4.78, 5) is 10.8. The van der Waals surface area contributed by atoms with Crippen molar-refractivity contribution >= 4 is 5.78 Å². The van der Waals surface area contributed by atoms with Gasteiger partial charge in [-0.2, -0.15) is 0 Å². The van der Waals surface area contributed by atoms with Crippen LogP contribution >= 0.6 is 0 Å². The number of aliphatic hydroxyl groups excluding tert-OH is 1. The Morgan fingerprint density at radius 2 is 1.07 bits per heavy atom. The Labute approximate surface area is 259 Å². The van der Waals surface area contributed by atoms with E-state index in [2.05, 4.69) is 59.8 Å². The van der Waals surface area contributed by atoms with Gasteiger partial charge in [0.05, 0.1) is 0 Å². The molecule has 0 saturated heterocycles. The Hall–Kier alpha value is -0.890. The predicted octanol–water partition coefficient (Wildman–Crippen LogP) is 13.1. The second-order valence-corrected chi connectivity index (χ2v) is 13.0. The molecule has 0 aromatic rings. The summed E-state index contributed by atoms with van der Waals surface area (Å²) in [5.41, 5.74) is 1.59. The number of Topliss-reactive ketones (excluding diaryl/α,β-unsaturated/α-hetero) is 1. The number of hydrogen-bond donors (Lipinski definition) is 1. The zero-order valence-corrected chi connectivity index (χ0v) is 29.3. The molecule has 1 N–H and O–H groups in total. The molecule has 0 aliphatic heterocycles. The molecular weight excluding hydrogens is 500 g/mol. The van der Waals surface area contributed by atoms with Gasteiger partial charge in [-0.25, -0.2) is 0 Å². The zero-order valence-electron chi connectivity index (χ0n) is 29.3. The quantitative estimate of drug-likeness (QED) is 0.0742. The molecule has 0 radical (unpaired) electrons. The SMILES string of the molecule is CCCCCCCCC/C(C)=C/CC/C=C/[C@H](C)[C@H](C)CC.CCCCCCCCCCCCCCC(O)C(C)=O. The number of rotatable bonds is 28. The molecule has 0 saturated carbocycles. The van der Waals surface area contributed by atoms with Crippen molar-refractivity contribution in [3.8, 4) is 0 Å². The van der Waals surface area contributed by atoms with Crippen molar-refractivity contribution < 1.29 is 9.90 Å². The van der Waals surface area contributed by atoms with E-state index in [-0.39, 0.29) is 5.78 Å². The average Bonchev–Trinajstić information content (AvgIpc) is 2.96. The highest BCUT2D eigenvalue weighted by molar-refractivity contribution is 5.79. The van der Waals surface area contributed by atoms with Gasteiger partial charge in [0.15, 0.2) is 5.78 Å². The van der Waals surface area contributed by atoms with Crippen molar-refractivity contribution in [2.45, 2.75) is 209 Å². The lowest BCUT2D eigenvalue weighted by Gasteiger charge is -2.13. The molecule has 0 bridgehead atoms. The minimum atomic E-state index is -0.719. The van der Waals surface area contributed by atoms with Crippen molar-refractivity contribution in [3.63, 3.8) is 0 Å². The number of hydrogen-bond acceptors (Lipinski definition) is 2. The first-order chi connectivity index (χ1) is 19.8. The van der Waals surface area contributed by atoms with Crippen molar-refractivity contribution in [3.05, 3.63) is 23.8 Å². The molecule has 0 aromatic heterocycles. The van der Waals surface area contributed by atoms with Gasteiger partial charge in [-0.15, -0.1) is 0 Å². The van der Waals surface area contributed by atoms with E-state index < -0.39 is 6.10 Å². The third kappa shape index (κ3) is 33.5. The number of ketones is 1. The lowest BCUT2D eigenvalue weighted by atomic mass is 9.93. The highest BCUT2D eigenvalue weighted by Crippen LogP contribution is 2.17. The van der Waals surface area contributed by atoms with E-state index in [1.807, 2.05) is 0 Å². The molecule has 0 aliphatic rings. The van der Waals surface area contributed by atoms with Gasteiger partial charge in [0.25, 0.3) is 0 Å². The van der Waals surface area contributed by atoms with E-state index in [1.165, 1.54) is 142 Å². The fourth-order valence-corrected chi connectivity index (χ4v) is 5.14. The van der Waals surface area contributed by atoms with E-state index in [1.54, 1.807) is 5.57 Å². The van der Waals surface area contributed by atoms with Crippen LogP contribution in [-0.2, 0) is 4.79 Å². The Kier molecular flexibility index (Phi) is 34.6. The third-order valence-electron chi connectivity index (χ3n) is 8.78. The lowest BCUT2D eigenvalue weighted by Crippen LogP contribution is -2.16. The van der Waals surface area contributed by atoms with Gasteiger partial charge in [0.2, 0.25) is 0 Å². The van der Waals surface area contributed by atoms with Crippen LogP contribution in [0.5, 0.6) is 0 Å². The van der Waals surface area contributed by atoms with Crippen LogP contribution in [0.1, 0.15) is 203 Å². The predicted molar refractivity (Wildman–Crippen MR) is 186 cm³/mol. The minimum Gasteiger partial charge on any atom is -0.385 e. The van der Waals surface area contributed by atoms with Crippen LogP contribution in [0.2, 0.25) is 0 Å². The Morgan fingerprint density at radius 3 is 1.51 bits per heavy atom. The van der Waals surface area contributed by atoms with Crippen molar-refractivity contribution in [2.75, 3.05) is 0 Å². The molecular formula is C39H76O2. The van der Waals surface area contributed by atoms with Gasteiger partial charge in [-0.05, 0) is 57.8 Å². The fourth-order valence-electron chi connectivity index (χ4n) is 5.14. The van der Waals surface area contributed by atoms with Crippen LogP contribution in [0.25, 0.3) is 0 Å². The van der Waals surface area contributed by atoms with Gasteiger partial charge < -0.3 is 5.11 Å². The first-order valence-electron chi connectivity index (χ1n) is 18.3. The van der Waals surface area contributed by atoms with E-state index in [9.17, 15) is 9.90 Å². The first-order valence-corrected chi connectivity index (χ1v) is 18.3.